The largest absolute Gasteiger partial charge is 0.369 e. The number of nitrogens with zero attached hydrogens (tertiary/aromatic N) is 3. The molecule has 1 saturated heterocycles. The number of fused-ring (bicyclic) bond motifs is 1. The molecule has 6 heteroatoms. The van der Waals surface area contributed by atoms with Crippen LogP contribution in [0.5, 0.6) is 0 Å². The summed E-state index contributed by atoms with van der Waals surface area (Å²) in [5.74, 6) is 0.692. The number of hydrogen-bond acceptors (Lipinski definition) is 3. The maximum atomic E-state index is 13.5. The van der Waals surface area contributed by atoms with E-state index in [1.807, 2.05) is 4.57 Å². The Morgan fingerprint density at radius 2 is 2.10 bits per heavy atom. The van der Waals surface area contributed by atoms with E-state index in [0.29, 0.717) is 17.4 Å². The highest BCUT2D eigenvalue weighted by molar-refractivity contribution is 6.31. The number of rotatable bonds is 3. The summed E-state index contributed by atoms with van der Waals surface area (Å²) in [6.07, 6.45) is 3.51. The Bertz CT molecular complexity index is 647. The molecule has 3 rings (SSSR count). The predicted octanol–water partition coefficient (Wildman–Crippen LogP) is 3.14. The van der Waals surface area contributed by atoms with Crippen molar-refractivity contribution in [1.29, 1.82) is 0 Å². The van der Waals surface area contributed by atoms with E-state index in [4.69, 9.17) is 17.3 Å². The highest BCUT2D eigenvalue weighted by Crippen LogP contribution is 2.27. The van der Waals surface area contributed by atoms with Gasteiger partial charge in [0.15, 0.2) is 0 Å². The Morgan fingerprint density at radius 3 is 2.81 bits per heavy atom. The van der Waals surface area contributed by atoms with E-state index >= 15 is 0 Å². The molecule has 1 fully saturated rings. The van der Waals surface area contributed by atoms with Gasteiger partial charge >= 0.3 is 0 Å². The van der Waals surface area contributed by atoms with E-state index in [1.165, 1.54) is 18.9 Å². The summed E-state index contributed by atoms with van der Waals surface area (Å²) in [7, 11) is 2.16. The lowest BCUT2D eigenvalue weighted by molar-refractivity contribution is 0.208. The molecule has 2 heterocycles. The van der Waals surface area contributed by atoms with Gasteiger partial charge in [-0.05, 0) is 51.4 Å². The van der Waals surface area contributed by atoms with Gasteiger partial charge in [0.1, 0.15) is 5.82 Å². The van der Waals surface area contributed by atoms with Gasteiger partial charge in [-0.3, -0.25) is 0 Å². The van der Waals surface area contributed by atoms with Crippen molar-refractivity contribution in [2.75, 3.05) is 25.9 Å². The molecule has 2 aromatic rings. The molecule has 0 amide bonds. The van der Waals surface area contributed by atoms with Crippen molar-refractivity contribution < 1.29 is 4.39 Å². The fourth-order valence-electron chi connectivity index (χ4n) is 3.04. The van der Waals surface area contributed by atoms with Crippen molar-refractivity contribution in [3.05, 3.63) is 23.0 Å². The molecule has 0 atom stereocenters. The molecule has 1 aromatic heterocycles. The van der Waals surface area contributed by atoms with Gasteiger partial charge in [0.05, 0.1) is 16.1 Å². The minimum atomic E-state index is -0.455. The van der Waals surface area contributed by atoms with Crippen LogP contribution in [0, 0.1) is 11.7 Å². The SMILES string of the molecule is CN1CCC(CCn2c(N)nc3cc(F)c(Cl)cc32)CC1. The number of aromatic nitrogens is 2. The fourth-order valence-corrected chi connectivity index (χ4v) is 3.19. The lowest BCUT2D eigenvalue weighted by Gasteiger charge is -2.29. The van der Waals surface area contributed by atoms with Crippen LogP contribution in [-0.2, 0) is 6.54 Å². The van der Waals surface area contributed by atoms with Gasteiger partial charge in [0, 0.05) is 12.6 Å². The molecule has 114 valence electrons. The number of anilines is 1. The van der Waals surface area contributed by atoms with E-state index in [-0.39, 0.29) is 5.02 Å². The van der Waals surface area contributed by atoms with Crippen LogP contribution in [-0.4, -0.2) is 34.6 Å². The lowest BCUT2D eigenvalue weighted by atomic mass is 9.94. The van der Waals surface area contributed by atoms with Crippen LogP contribution in [0.3, 0.4) is 0 Å². The standard InChI is InChI=1S/C15H20ClFN4/c1-20-5-2-10(3-6-20)4-7-21-14-8-11(16)12(17)9-13(14)19-15(21)18/h8-10H,2-7H2,1H3,(H2,18,19). The maximum Gasteiger partial charge on any atom is 0.201 e. The molecule has 0 unspecified atom stereocenters. The van der Waals surface area contributed by atoms with Gasteiger partial charge in [-0.15, -0.1) is 0 Å². The smallest absolute Gasteiger partial charge is 0.201 e. The van der Waals surface area contributed by atoms with E-state index in [1.54, 1.807) is 6.07 Å². The second-order valence-electron chi connectivity index (χ2n) is 5.91. The molecule has 0 bridgehead atoms. The Hall–Kier alpha value is -1.33. The van der Waals surface area contributed by atoms with Crippen LogP contribution >= 0.6 is 11.6 Å². The molecule has 1 aromatic carbocycles. The molecule has 4 nitrogen and oxygen atoms in total. The van der Waals surface area contributed by atoms with Crippen LogP contribution in [0.2, 0.25) is 5.02 Å². The minimum Gasteiger partial charge on any atom is -0.369 e. The highest BCUT2D eigenvalue weighted by Gasteiger charge is 2.18. The van der Waals surface area contributed by atoms with Crippen LogP contribution < -0.4 is 5.73 Å². The summed E-state index contributed by atoms with van der Waals surface area (Å²) in [5, 5.41) is 0.114. The Morgan fingerprint density at radius 1 is 1.38 bits per heavy atom. The summed E-state index contributed by atoms with van der Waals surface area (Å²) >= 11 is 5.87. The quantitative estimate of drug-likeness (QED) is 0.947. The molecule has 0 aliphatic carbocycles. The molecule has 1 aliphatic rings. The van der Waals surface area contributed by atoms with Crippen molar-refractivity contribution in [1.82, 2.24) is 14.5 Å². The van der Waals surface area contributed by atoms with Gasteiger partial charge in [-0.1, -0.05) is 11.6 Å². The first-order valence-corrected chi connectivity index (χ1v) is 7.71. The zero-order valence-electron chi connectivity index (χ0n) is 12.1. The van der Waals surface area contributed by atoms with Crippen LogP contribution in [0.1, 0.15) is 19.3 Å². The average Bonchev–Trinajstić information content (AvgIpc) is 2.74. The molecular formula is C15H20ClFN4. The third-order valence-corrected chi connectivity index (χ3v) is 4.71. The monoisotopic (exact) mass is 310 g/mol. The molecule has 21 heavy (non-hydrogen) atoms. The first kappa shape index (κ1) is 14.6. The summed E-state index contributed by atoms with van der Waals surface area (Å²) in [5.41, 5.74) is 7.35. The Balaban J connectivity index is 1.77. The average molecular weight is 311 g/mol. The zero-order chi connectivity index (χ0) is 15.0. The number of nitrogen functional groups attached to an aromatic ring is 1. The van der Waals surface area contributed by atoms with E-state index < -0.39 is 5.82 Å². The first-order valence-electron chi connectivity index (χ1n) is 7.34. The maximum absolute atomic E-state index is 13.5. The summed E-state index contributed by atoms with van der Waals surface area (Å²) in [6, 6.07) is 2.96. The molecule has 0 radical (unpaired) electrons. The number of benzene rings is 1. The van der Waals surface area contributed by atoms with E-state index in [2.05, 4.69) is 16.9 Å². The van der Waals surface area contributed by atoms with Crippen molar-refractivity contribution >= 4 is 28.6 Å². The highest BCUT2D eigenvalue weighted by atomic mass is 35.5. The van der Waals surface area contributed by atoms with E-state index in [0.717, 1.165) is 31.6 Å². The number of likely N-dealkylation sites (tertiary alicyclic amines) is 1. The Labute approximate surface area is 128 Å². The molecular weight excluding hydrogens is 291 g/mol. The first-order chi connectivity index (χ1) is 10.0. The fraction of sp³-hybridized carbons (Fsp3) is 0.533. The topological polar surface area (TPSA) is 47.1 Å². The third kappa shape index (κ3) is 2.99. The van der Waals surface area contributed by atoms with Crippen LogP contribution in [0.15, 0.2) is 12.1 Å². The normalized spacial score (nSPS) is 17.7. The summed E-state index contributed by atoms with van der Waals surface area (Å²) in [6.45, 7) is 3.11. The zero-order valence-corrected chi connectivity index (χ0v) is 12.9. The number of aryl methyl sites for hydroxylation is 1. The predicted molar refractivity (Wildman–Crippen MR) is 84.0 cm³/mol. The van der Waals surface area contributed by atoms with Gasteiger partial charge in [0.2, 0.25) is 5.95 Å². The Kier molecular flexibility index (Phi) is 4.04. The van der Waals surface area contributed by atoms with Gasteiger partial charge in [0.25, 0.3) is 0 Å². The van der Waals surface area contributed by atoms with Crippen molar-refractivity contribution in [3.8, 4) is 0 Å². The van der Waals surface area contributed by atoms with Crippen molar-refractivity contribution in [3.63, 3.8) is 0 Å². The number of halogens is 2. The number of hydrogen-bond donors (Lipinski definition) is 1. The summed E-state index contributed by atoms with van der Waals surface area (Å²) in [4.78, 5) is 6.59. The molecule has 1 aliphatic heterocycles. The molecule has 2 N–H and O–H groups in total. The van der Waals surface area contributed by atoms with E-state index in [9.17, 15) is 4.39 Å². The number of nitrogens with two attached hydrogens (primary N) is 1. The second-order valence-corrected chi connectivity index (χ2v) is 6.32. The number of imidazole rings is 1. The van der Waals surface area contributed by atoms with Gasteiger partial charge in [-0.2, -0.15) is 0 Å². The number of piperidine rings is 1. The minimum absolute atomic E-state index is 0.114. The van der Waals surface area contributed by atoms with Gasteiger partial charge < -0.3 is 15.2 Å². The van der Waals surface area contributed by atoms with Crippen molar-refractivity contribution in [2.24, 2.45) is 5.92 Å². The van der Waals surface area contributed by atoms with Gasteiger partial charge in [-0.25, -0.2) is 9.37 Å². The van der Waals surface area contributed by atoms with Crippen LogP contribution in [0.25, 0.3) is 11.0 Å². The molecule has 0 saturated carbocycles. The molecule has 0 spiro atoms. The van der Waals surface area contributed by atoms with Crippen LogP contribution in [0.4, 0.5) is 10.3 Å². The second kappa shape index (κ2) is 5.81. The van der Waals surface area contributed by atoms with Crippen molar-refractivity contribution in [2.45, 2.75) is 25.8 Å². The summed E-state index contributed by atoms with van der Waals surface area (Å²) < 4.78 is 15.4. The third-order valence-electron chi connectivity index (χ3n) is 4.42. The lowest BCUT2D eigenvalue weighted by Crippen LogP contribution is -2.30.